The molecule has 0 bridgehead atoms. The van der Waals surface area contributed by atoms with Gasteiger partial charge in [0.25, 0.3) is 0 Å². The second kappa shape index (κ2) is 10.9. The lowest BCUT2D eigenvalue weighted by Gasteiger charge is -2.24. The van der Waals surface area contributed by atoms with Crippen molar-refractivity contribution in [2.45, 2.75) is 45.6 Å². The van der Waals surface area contributed by atoms with Crippen molar-refractivity contribution in [2.75, 3.05) is 6.54 Å². The Kier molecular flexibility index (Phi) is 7.98. The Bertz CT molecular complexity index is 999. The molecular formula is C25H28F3N3O. The Labute approximate surface area is 186 Å². The van der Waals surface area contributed by atoms with Gasteiger partial charge in [-0.15, -0.1) is 0 Å². The van der Waals surface area contributed by atoms with Crippen LogP contribution < -0.4 is 5.32 Å². The van der Waals surface area contributed by atoms with E-state index < -0.39 is 11.7 Å². The van der Waals surface area contributed by atoms with Gasteiger partial charge in [0.15, 0.2) is 0 Å². The highest BCUT2D eigenvalue weighted by Crippen LogP contribution is 2.29. The largest absolute Gasteiger partial charge is 0.416 e. The van der Waals surface area contributed by atoms with Gasteiger partial charge in [-0.05, 0) is 41.8 Å². The molecule has 0 unspecified atom stereocenters. The number of unbranched alkanes of at least 4 members (excludes halogenated alkanes) is 1. The number of halogens is 3. The second-order valence-electron chi connectivity index (χ2n) is 7.74. The molecule has 32 heavy (non-hydrogen) atoms. The maximum absolute atomic E-state index is 13.0. The van der Waals surface area contributed by atoms with Gasteiger partial charge in [0.2, 0.25) is 0 Å². The fourth-order valence-corrected chi connectivity index (χ4v) is 3.47. The molecule has 1 aromatic heterocycles. The summed E-state index contributed by atoms with van der Waals surface area (Å²) in [5.41, 5.74) is 1.79. The van der Waals surface area contributed by atoms with Crippen LogP contribution in [-0.4, -0.2) is 22.0 Å². The van der Waals surface area contributed by atoms with E-state index in [2.05, 4.69) is 12.2 Å². The fourth-order valence-electron chi connectivity index (χ4n) is 3.47. The molecular weight excluding hydrogens is 415 g/mol. The Hall–Kier alpha value is -3.22. The molecule has 0 atom stereocenters. The van der Waals surface area contributed by atoms with Gasteiger partial charge in [-0.3, -0.25) is 0 Å². The summed E-state index contributed by atoms with van der Waals surface area (Å²) >= 11 is 0. The van der Waals surface area contributed by atoms with Gasteiger partial charge in [0, 0.05) is 31.5 Å². The van der Waals surface area contributed by atoms with Crippen LogP contribution in [0.25, 0.3) is 0 Å². The lowest BCUT2D eigenvalue weighted by atomic mass is 10.1. The zero-order chi connectivity index (χ0) is 23.0. The summed E-state index contributed by atoms with van der Waals surface area (Å²) in [7, 11) is 0. The SMILES string of the molecule is CCCCN(Cc1cccn1Cc1cccc(C(F)(F)F)c1)C(=O)NCc1ccccc1. The van der Waals surface area contributed by atoms with Gasteiger partial charge in [-0.2, -0.15) is 13.2 Å². The molecule has 4 nitrogen and oxygen atoms in total. The van der Waals surface area contributed by atoms with E-state index in [1.165, 1.54) is 12.1 Å². The predicted octanol–water partition coefficient (Wildman–Crippen LogP) is 6.07. The molecule has 0 saturated heterocycles. The van der Waals surface area contributed by atoms with E-state index in [0.29, 0.717) is 31.7 Å². The van der Waals surface area contributed by atoms with Crippen molar-refractivity contribution < 1.29 is 18.0 Å². The van der Waals surface area contributed by atoms with Gasteiger partial charge in [-0.25, -0.2) is 4.79 Å². The Morgan fingerprint density at radius 2 is 1.75 bits per heavy atom. The summed E-state index contributed by atoms with van der Waals surface area (Å²) in [4.78, 5) is 14.6. The standard InChI is InChI=1S/C25H28F3N3O/c1-2-3-14-31(24(32)29-17-20-9-5-4-6-10-20)19-23-13-8-15-30(23)18-21-11-7-12-22(16-21)25(26,27)28/h4-13,15-16H,2-3,14,17-19H2,1H3,(H,29,32). The van der Waals surface area contributed by atoms with Gasteiger partial charge in [0.1, 0.15) is 0 Å². The lowest BCUT2D eigenvalue weighted by Crippen LogP contribution is -2.40. The molecule has 1 heterocycles. The van der Waals surface area contributed by atoms with Crippen LogP contribution >= 0.6 is 0 Å². The van der Waals surface area contributed by atoms with Gasteiger partial charge in [0.05, 0.1) is 12.1 Å². The number of nitrogens with zero attached hydrogens (tertiary/aromatic N) is 2. The number of hydrogen-bond acceptors (Lipinski definition) is 1. The van der Waals surface area contributed by atoms with Crippen LogP contribution in [0.4, 0.5) is 18.0 Å². The number of benzene rings is 2. The van der Waals surface area contributed by atoms with Crippen LogP contribution in [0.3, 0.4) is 0 Å². The number of aromatic nitrogens is 1. The fraction of sp³-hybridized carbons (Fsp3) is 0.320. The van der Waals surface area contributed by atoms with Gasteiger partial charge < -0.3 is 14.8 Å². The van der Waals surface area contributed by atoms with Crippen LogP contribution in [0.5, 0.6) is 0 Å². The summed E-state index contributed by atoms with van der Waals surface area (Å²) in [6.07, 6.45) is -0.723. The third-order valence-electron chi connectivity index (χ3n) is 5.24. The normalized spacial score (nSPS) is 11.4. The van der Waals surface area contributed by atoms with Crippen LogP contribution in [-0.2, 0) is 25.8 Å². The molecule has 0 aliphatic heterocycles. The van der Waals surface area contributed by atoms with Crippen molar-refractivity contribution in [3.05, 3.63) is 95.3 Å². The number of rotatable bonds is 9. The van der Waals surface area contributed by atoms with Crippen molar-refractivity contribution in [1.29, 1.82) is 0 Å². The molecule has 0 spiro atoms. The smallest absolute Gasteiger partial charge is 0.345 e. The zero-order valence-corrected chi connectivity index (χ0v) is 18.1. The number of hydrogen-bond donors (Lipinski definition) is 1. The van der Waals surface area contributed by atoms with Crippen LogP contribution in [0.1, 0.15) is 42.1 Å². The maximum atomic E-state index is 13.0. The molecule has 2 amide bonds. The highest BCUT2D eigenvalue weighted by atomic mass is 19.4. The summed E-state index contributed by atoms with van der Waals surface area (Å²) in [6.45, 7) is 3.79. The number of nitrogens with one attached hydrogen (secondary N) is 1. The number of amides is 2. The Balaban J connectivity index is 1.70. The number of carbonyl (C=O) groups excluding carboxylic acids is 1. The minimum absolute atomic E-state index is 0.158. The average Bonchev–Trinajstić information content (AvgIpc) is 3.21. The molecule has 7 heteroatoms. The van der Waals surface area contributed by atoms with E-state index in [1.807, 2.05) is 53.2 Å². The monoisotopic (exact) mass is 443 g/mol. The summed E-state index contributed by atoms with van der Waals surface area (Å²) in [5.74, 6) is 0. The van der Waals surface area contributed by atoms with E-state index in [-0.39, 0.29) is 6.03 Å². The topological polar surface area (TPSA) is 37.3 Å². The number of urea groups is 1. The van der Waals surface area contributed by atoms with Crippen molar-refractivity contribution in [1.82, 2.24) is 14.8 Å². The minimum atomic E-state index is -4.37. The summed E-state index contributed by atoms with van der Waals surface area (Å²) in [5, 5.41) is 2.97. The van der Waals surface area contributed by atoms with Crippen molar-refractivity contribution in [3.8, 4) is 0 Å². The molecule has 170 valence electrons. The van der Waals surface area contributed by atoms with Crippen molar-refractivity contribution in [3.63, 3.8) is 0 Å². The minimum Gasteiger partial charge on any atom is -0.345 e. The molecule has 3 aromatic rings. The molecule has 2 aromatic carbocycles. The lowest BCUT2D eigenvalue weighted by molar-refractivity contribution is -0.137. The highest BCUT2D eigenvalue weighted by Gasteiger charge is 2.30. The Morgan fingerprint density at radius 3 is 2.47 bits per heavy atom. The van der Waals surface area contributed by atoms with Crippen LogP contribution in [0.15, 0.2) is 72.9 Å². The quantitative estimate of drug-likeness (QED) is 0.428. The third kappa shape index (κ3) is 6.64. The van der Waals surface area contributed by atoms with E-state index in [1.54, 1.807) is 11.0 Å². The van der Waals surface area contributed by atoms with Crippen LogP contribution in [0.2, 0.25) is 0 Å². The van der Waals surface area contributed by atoms with E-state index >= 15 is 0 Å². The molecule has 0 radical (unpaired) electrons. The zero-order valence-electron chi connectivity index (χ0n) is 18.1. The van der Waals surface area contributed by atoms with Gasteiger partial charge >= 0.3 is 12.2 Å². The first-order valence-corrected chi connectivity index (χ1v) is 10.7. The molecule has 1 N–H and O–H groups in total. The number of alkyl halides is 3. The first-order chi connectivity index (χ1) is 15.4. The van der Waals surface area contributed by atoms with E-state index in [4.69, 9.17) is 0 Å². The van der Waals surface area contributed by atoms with Crippen LogP contribution in [0, 0.1) is 0 Å². The second-order valence-corrected chi connectivity index (χ2v) is 7.74. The molecule has 0 aliphatic rings. The molecule has 3 rings (SSSR count). The highest BCUT2D eigenvalue weighted by molar-refractivity contribution is 5.74. The molecule has 0 fully saturated rings. The third-order valence-corrected chi connectivity index (χ3v) is 5.24. The summed E-state index contributed by atoms with van der Waals surface area (Å²) in [6, 6.07) is 18.6. The number of carbonyl (C=O) groups is 1. The van der Waals surface area contributed by atoms with Crippen molar-refractivity contribution >= 4 is 6.03 Å². The average molecular weight is 444 g/mol. The molecule has 0 saturated carbocycles. The molecule has 0 aliphatic carbocycles. The first-order valence-electron chi connectivity index (χ1n) is 10.7. The van der Waals surface area contributed by atoms with E-state index in [9.17, 15) is 18.0 Å². The predicted molar refractivity (Wildman–Crippen MR) is 119 cm³/mol. The van der Waals surface area contributed by atoms with Gasteiger partial charge in [-0.1, -0.05) is 55.8 Å². The maximum Gasteiger partial charge on any atom is 0.416 e. The summed E-state index contributed by atoms with van der Waals surface area (Å²) < 4.78 is 41.0. The Morgan fingerprint density at radius 1 is 1.00 bits per heavy atom. The first kappa shape index (κ1) is 23.4. The van der Waals surface area contributed by atoms with E-state index in [0.717, 1.165) is 30.2 Å². The van der Waals surface area contributed by atoms with Crippen molar-refractivity contribution in [2.24, 2.45) is 0 Å².